The molecule has 0 amide bonds. The number of aromatic nitrogens is 2. The molecule has 0 radical (unpaired) electrons. The first-order chi connectivity index (χ1) is 25.7. The fourth-order valence-electron chi connectivity index (χ4n) is 7.88. The van der Waals surface area contributed by atoms with Crippen LogP contribution >= 0.6 is 0 Å². The van der Waals surface area contributed by atoms with Gasteiger partial charge in [-0.05, 0) is 112 Å². The normalized spacial score (nSPS) is 11.4. The Kier molecular flexibility index (Phi) is 6.87. The van der Waals surface area contributed by atoms with E-state index >= 15 is 0 Å². The molecule has 3 nitrogen and oxygen atoms in total. The zero-order valence-corrected chi connectivity index (χ0v) is 28.2. The zero-order chi connectivity index (χ0) is 34.6. The minimum Gasteiger partial charge on any atom is -0.309 e. The van der Waals surface area contributed by atoms with Crippen LogP contribution in [-0.4, -0.2) is 9.13 Å². The van der Waals surface area contributed by atoms with Gasteiger partial charge in [0.05, 0.1) is 33.7 Å². The largest absolute Gasteiger partial charge is 0.309 e. The predicted molar refractivity (Wildman–Crippen MR) is 216 cm³/mol. The molecule has 242 valence electrons. The molecule has 0 aliphatic rings. The lowest BCUT2D eigenvalue weighted by atomic mass is 9.97. The van der Waals surface area contributed by atoms with E-state index in [0.29, 0.717) is 5.56 Å². The molecule has 0 saturated heterocycles. The van der Waals surface area contributed by atoms with Gasteiger partial charge in [-0.3, -0.25) is 0 Å². The highest BCUT2D eigenvalue weighted by Gasteiger charge is 2.17. The van der Waals surface area contributed by atoms with Crippen LogP contribution in [0.25, 0.3) is 88.4 Å². The maximum absolute atomic E-state index is 9.43. The van der Waals surface area contributed by atoms with Crippen molar-refractivity contribution < 1.29 is 0 Å². The molecule has 0 spiro atoms. The molecule has 8 aromatic carbocycles. The molecular weight excluding hydrogens is 631 g/mol. The lowest BCUT2D eigenvalue weighted by molar-refractivity contribution is 1.18. The Bertz CT molecular complexity index is 3000. The second kappa shape index (κ2) is 12.0. The van der Waals surface area contributed by atoms with Gasteiger partial charge in [0.2, 0.25) is 0 Å². The first kappa shape index (κ1) is 29.7. The molecule has 0 unspecified atom stereocenters. The summed E-state index contributed by atoms with van der Waals surface area (Å²) in [5.74, 6) is 0. The van der Waals surface area contributed by atoms with Crippen LogP contribution in [0.5, 0.6) is 0 Å². The van der Waals surface area contributed by atoms with E-state index in [1.54, 1.807) is 0 Å². The van der Waals surface area contributed by atoms with Crippen molar-refractivity contribution in [3.8, 4) is 50.8 Å². The summed E-state index contributed by atoms with van der Waals surface area (Å²) in [5, 5.41) is 14.4. The predicted octanol–water partition coefficient (Wildman–Crippen LogP) is 12.8. The number of hydrogen-bond acceptors (Lipinski definition) is 1. The van der Waals surface area contributed by atoms with Gasteiger partial charge in [-0.2, -0.15) is 5.26 Å². The average Bonchev–Trinajstić information content (AvgIpc) is 3.73. The van der Waals surface area contributed by atoms with Crippen molar-refractivity contribution in [3.05, 3.63) is 194 Å². The fraction of sp³-hybridized carbons (Fsp3) is 0. The monoisotopic (exact) mass is 661 g/mol. The molecule has 52 heavy (non-hydrogen) atoms. The Labute approximate surface area is 301 Å². The van der Waals surface area contributed by atoms with Crippen molar-refractivity contribution in [3.63, 3.8) is 0 Å². The third-order valence-electron chi connectivity index (χ3n) is 10.3. The summed E-state index contributed by atoms with van der Waals surface area (Å²) in [4.78, 5) is 0. The second-order valence-electron chi connectivity index (χ2n) is 13.3. The van der Waals surface area contributed by atoms with Crippen molar-refractivity contribution in [1.82, 2.24) is 9.13 Å². The molecule has 0 N–H and O–H groups in total. The fourth-order valence-corrected chi connectivity index (χ4v) is 7.88. The van der Waals surface area contributed by atoms with E-state index in [1.165, 1.54) is 43.7 Å². The Morgan fingerprint density at radius 3 is 1.31 bits per heavy atom. The van der Waals surface area contributed by atoms with Gasteiger partial charge in [-0.25, -0.2) is 0 Å². The van der Waals surface area contributed by atoms with Gasteiger partial charge in [0.1, 0.15) is 0 Å². The summed E-state index contributed by atoms with van der Waals surface area (Å²) < 4.78 is 4.76. The third-order valence-corrected chi connectivity index (χ3v) is 10.3. The van der Waals surface area contributed by atoms with Crippen LogP contribution in [-0.2, 0) is 0 Å². The lowest BCUT2D eigenvalue weighted by Crippen LogP contribution is -1.96. The number of rotatable bonds is 5. The van der Waals surface area contributed by atoms with E-state index < -0.39 is 0 Å². The first-order valence-electron chi connectivity index (χ1n) is 17.6. The van der Waals surface area contributed by atoms with E-state index in [1.807, 2.05) is 24.3 Å². The molecule has 10 aromatic rings. The number of nitrogens with zero attached hydrogens (tertiary/aromatic N) is 3. The van der Waals surface area contributed by atoms with Crippen LogP contribution < -0.4 is 0 Å². The van der Waals surface area contributed by atoms with Crippen LogP contribution in [0.15, 0.2) is 188 Å². The van der Waals surface area contributed by atoms with E-state index in [4.69, 9.17) is 0 Å². The standard InChI is InChI=1S/C49H31N3/c50-32-33-19-21-35(22-20-33)39-27-38(34-11-3-1-4-12-34)28-41(29-39)52-47-18-10-8-16-43(47)45-31-37(24-26-49(45)52)36-23-25-48-44(30-36)42-15-7-9-17-46(42)51(48)40-13-5-2-6-14-40/h1-31H. The van der Waals surface area contributed by atoms with E-state index in [9.17, 15) is 5.26 Å². The molecule has 0 saturated carbocycles. The Balaban J connectivity index is 1.16. The Morgan fingerprint density at radius 2 is 0.750 bits per heavy atom. The number of nitriles is 1. The Hall–Kier alpha value is -7.15. The van der Waals surface area contributed by atoms with Gasteiger partial charge in [0.25, 0.3) is 0 Å². The zero-order valence-electron chi connectivity index (χ0n) is 28.2. The smallest absolute Gasteiger partial charge is 0.0991 e. The number of hydrogen-bond donors (Lipinski definition) is 0. The third kappa shape index (κ3) is 4.81. The summed E-state index contributed by atoms with van der Waals surface area (Å²) in [5.41, 5.74) is 14.5. The van der Waals surface area contributed by atoms with Gasteiger partial charge in [-0.1, -0.05) is 109 Å². The van der Waals surface area contributed by atoms with Crippen molar-refractivity contribution in [2.24, 2.45) is 0 Å². The van der Waals surface area contributed by atoms with E-state index in [2.05, 4.69) is 179 Å². The van der Waals surface area contributed by atoms with Crippen LogP contribution in [0.3, 0.4) is 0 Å². The summed E-state index contributed by atoms with van der Waals surface area (Å²) in [6.07, 6.45) is 0. The van der Waals surface area contributed by atoms with Crippen LogP contribution in [0.2, 0.25) is 0 Å². The molecule has 0 atom stereocenters. The second-order valence-corrected chi connectivity index (χ2v) is 13.3. The van der Waals surface area contributed by atoms with Gasteiger partial charge < -0.3 is 9.13 Å². The molecule has 0 aliphatic carbocycles. The van der Waals surface area contributed by atoms with Crippen LogP contribution in [0.1, 0.15) is 5.56 Å². The van der Waals surface area contributed by atoms with Gasteiger partial charge in [-0.15, -0.1) is 0 Å². The highest BCUT2D eigenvalue weighted by Crippen LogP contribution is 2.39. The van der Waals surface area contributed by atoms with Gasteiger partial charge in [0, 0.05) is 32.9 Å². The Morgan fingerprint density at radius 1 is 0.308 bits per heavy atom. The van der Waals surface area contributed by atoms with Crippen molar-refractivity contribution in [2.75, 3.05) is 0 Å². The summed E-state index contributed by atoms with van der Waals surface area (Å²) in [6.45, 7) is 0. The molecule has 0 bridgehead atoms. The summed E-state index contributed by atoms with van der Waals surface area (Å²) in [6, 6.07) is 69.2. The number of fused-ring (bicyclic) bond motifs is 6. The summed E-state index contributed by atoms with van der Waals surface area (Å²) in [7, 11) is 0. The first-order valence-corrected chi connectivity index (χ1v) is 17.6. The van der Waals surface area contributed by atoms with Crippen LogP contribution in [0.4, 0.5) is 0 Å². The average molecular weight is 662 g/mol. The molecule has 10 rings (SSSR count). The quantitative estimate of drug-likeness (QED) is 0.181. The van der Waals surface area contributed by atoms with Crippen molar-refractivity contribution >= 4 is 43.6 Å². The van der Waals surface area contributed by atoms with Gasteiger partial charge in [0.15, 0.2) is 0 Å². The molecular formula is C49H31N3. The molecule has 2 aromatic heterocycles. The van der Waals surface area contributed by atoms with E-state index in [0.717, 1.165) is 44.7 Å². The number of benzene rings is 8. The highest BCUT2D eigenvalue weighted by molar-refractivity contribution is 6.12. The minimum absolute atomic E-state index is 0.655. The number of para-hydroxylation sites is 3. The summed E-state index contributed by atoms with van der Waals surface area (Å²) >= 11 is 0. The SMILES string of the molecule is N#Cc1ccc(-c2cc(-c3ccccc3)cc(-n3c4ccccc4c4cc(-c5ccc6c(c5)c5ccccc5n6-c5ccccc5)ccc43)c2)cc1. The molecule has 3 heteroatoms. The molecule has 0 aliphatic heterocycles. The maximum atomic E-state index is 9.43. The maximum Gasteiger partial charge on any atom is 0.0991 e. The van der Waals surface area contributed by atoms with Gasteiger partial charge >= 0.3 is 0 Å². The lowest BCUT2D eigenvalue weighted by Gasteiger charge is -2.14. The minimum atomic E-state index is 0.655. The topological polar surface area (TPSA) is 33.6 Å². The van der Waals surface area contributed by atoms with Crippen LogP contribution in [0, 0.1) is 11.3 Å². The van der Waals surface area contributed by atoms with Crippen molar-refractivity contribution in [1.29, 1.82) is 5.26 Å². The highest BCUT2D eigenvalue weighted by atomic mass is 15.0. The van der Waals surface area contributed by atoms with E-state index in [-0.39, 0.29) is 0 Å². The molecule has 0 fully saturated rings. The van der Waals surface area contributed by atoms with Crippen molar-refractivity contribution in [2.45, 2.75) is 0 Å². The molecule has 2 heterocycles.